The second-order valence-corrected chi connectivity index (χ2v) is 6.93. The molecule has 1 N–H and O–H groups in total. The van der Waals surface area contributed by atoms with Gasteiger partial charge in [-0.2, -0.15) is 0 Å². The Morgan fingerprint density at radius 3 is 2.57 bits per heavy atom. The molecule has 1 aromatic heterocycles. The van der Waals surface area contributed by atoms with Gasteiger partial charge in [-0.05, 0) is 24.6 Å². The van der Waals surface area contributed by atoms with Crippen molar-refractivity contribution < 1.29 is 5.11 Å². The third-order valence-corrected chi connectivity index (χ3v) is 4.78. The molecule has 2 aromatic carbocycles. The summed E-state index contributed by atoms with van der Waals surface area (Å²) in [7, 11) is 0. The van der Waals surface area contributed by atoms with E-state index in [0.717, 1.165) is 31.2 Å². The van der Waals surface area contributed by atoms with Crippen LogP contribution in [0.2, 0.25) is 0 Å². The number of aliphatic hydroxyl groups is 1. The van der Waals surface area contributed by atoms with Crippen molar-refractivity contribution >= 4 is 27.3 Å². The van der Waals surface area contributed by atoms with Gasteiger partial charge < -0.3 is 5.11 Å². The Morgan fingerprint density at radius 2 is 1.86 bits per heavy atom. The zero-order valence-corrected chi connectivity index (χ0v) is 13.9. The summed E-state index contributed by atoms with van der Waals surface area (Å²) in [5.74, 6) is 0. The highest BCUT2D eigenvalue weighted by atomic mass is 79.9. The topological polar surface area (TPSA) is 33.1 Å². The van der Waals surface area contributed by atoms with Gasteiger partial charge in [0.1, 0.15) is 11.1 Å². The van der Waals surface area contributed by atoms with Crippen molar-refractivity contribution in [1.29, 1.82) is 0 Å². The highest BCUT2D eigenvalue weighted by Crippen LogP contribution is 2.33. The van der Waals surface area contributed by atoms with E-state index in [1.165, 1.54) is 0 Å². The average molecular weight is 360 g/mol. The summed E-state index contributed by atoms with van der Waals surface area (Å²) < 4.78 is 1.03. The summed E-state index contributed by atoms with van der Waals surface area (Å²) in [5.41, 5.74) is 2.86. The molecule has 3 rings (SSSR count). The molecule has 0 aliphatic heterocycles. The monoisotopic (exact) mass is 359 g/mol. The molecule has 0 aliphatic carbocycles. The van der Waals surface area contributed by atoms with E-state index >= 15 is 0 Å². The fourth-order valence-electron chi connectivity index (χ4n) is 2.22. The zero-order chi connectivity index (χ0) is 14.8. The molecule has 1 unspecified atom stereocenters. The van der Waals surface area contributed by atoms with E-state index < -0.39 is 6.10 Å². The van der Waals surface area contributed by atoms with Gasteiger partial charge in [0.2, 0.25) is 0 Å². The number of thiazole rings is 1. The first-order valence-corrected chi connectivity index (χ1v) is 8.22. The molecule has 1 atom stereocenters. The second kappa shape index (κ2) is 6.10. The van der Waals surface area contributed by atoms with Gasteiger partial charge in [-0.25, -0.2) is 4.98 Å². The molecule has 1 heterocycles. The first-order chi connectivity index (χ1) is 10.1. The van der Waals surface area contributed by atoms with Crippen LogP contribution in [0.25, 0.3) is 11.3 Å². The van der Waals surface area contributed by atoms with Crippen molar-refractivity contribution in [3.05, 3.63) is 74.5 Å². The molecule has 0 saturated heterocycles. The van der Waals surface area contributed by atoms with Crippen LogP contribution in [0.3, 0.4) is 0 Å². The lowest BCUT2D eigenvalue weighted by Gasteiger charge is -2.06. The van der Waals surface area contributed by atoms with Crippen molar-refractivity contribution in [2.24, 2.45) is 0 Å². The molecule has 2 nitrogen and oxygen atoms in total. The summed E-state index contributed by atoms with van der Waals surface area (Å²) in [6.07, 6.45) is -0.671. The van der Waals surface area contributed by atoms with E-state index in [1.54, 1.807) is 11.3 Å². The Bertz CT molecular complexity index is 754. The van der Waals surface area contributed by atoms with E-state index in [1.807, 2.05) is 61.5 Å². The third kappa shape index (κ3) is 3.07. The number of aromatic nitrogens is 1. The van der Waals surface area contributed by atoms with E-state index in [9.17, 15) is 5.11 Å². The van der Waals surface area contributed by atoms with Gasteiger partial charge in [-0.15, -0.1) is 11.3 Å². The molecule has 0 saturated carbocycles. The van der Waals surface area contributed by atoms with Crippen LogP contribution >= 0.6 is 27.3 Å². The smallest absolute Gasteiger partial charge is 0.131 e. The van der Waals surface area contributed by atoms with E-state index in [-0.39, 0.29) is 0 Å². The summed E-state index contributed by atoms with van der Waals surface area (Å²) in [4.78, 5) is 5.75. The number of nitrogens with zero attached hydrogens (tertiary/aromatic N) is 1. The number of halogens is 1. The number of aliphatic hydroxyl groups excluding tert-OH is 1. The van der Waals surface area contributed by atoms with Crippen molar-refractivity contribution in [2.75, 3.05) is 0 Å². The van der Waals surface area contributed by atoms with Crippen molar-refractivity contribution in [3.63, 3.8) is 0 Å². The predicted octanol–water partition coefficient (Wildman–Crippen LogP) is 4.96. The van der Waals surface area contributed by atoms with Gasteiger partial charge in [-0.1, -0.05) is 58.4 Å². The zero-order valence-electron chi connectivity index (χ0n) is 11.5. The van der Waals surface area contributed by atoms with Crippen LogP contribution in [0.5, 0.6) is 0 Å². The Labute approximate surface area is 136 Å². The summed E-state index contributed by atoms with van der Waals surface area (Å²) in [5, 5.41) is 11.2. The lowest BCUT2D eigenvalue weighted by atomic mass is 10.1. The molecular formula is C17H14BrNOS. The van der Waals surface area contributed by atoms with Crippen LogP contribution in [0.1, 0.15) is 21.6 Å². The van der Waals surface area contributed by atoms with Crippen LogP contribution in [-0.2, 0) is 0 Å². The molecule has 4 heteroatoms. The Balaban J connectivity index is 1.98. The molecule has 3 aromatic rings. The normalized spacial score (nSPS) is 12.3. The number of aryl methyl sites for hydroxylation is 1. The van der Waals surface area contributed by atoms with Gasteiger partial charge in [-0.3, -0.25) is 0 Å². The van der Waals surface area contributed by atoms with Crippen molar-refractivity contribution in [1.82, 2.24) is 4.98 Å². The molecule has 0 fully saturated rings. The largest absolute Gasteiger partial charge is 0.381 e. The van der Waals surface area contributed by atoms with Crippen LogP contribution in [-0.4, -0.2) is 10.1 Å². The minimum atomic E-state index is -0.671. The SMILES string of the molecule is Cc1sc(C(O)c2ccccc2)nc1-c1cccc(Br)c1. The van der Waals surface area contributed by atoms with Gasteiger partial charge in [0.15, 0.2) is 0 Å². The molecule has 0 spiro atoms. The standard InChI is InChI=1S/C17H14BrNOS/c1-11-15(13-8-5-9-14(18)10-13)19-17(21-11)16(20)12-6-3-2-4-7-12/h2-10,16,20H,1H3. The van der Waals surface area contributed by atoms with Crippen LogP contribution < -0.4 is 0 Å². The lowest BCUT2D eigenvalue weighted by molar-refractivity contribution is 0.220. The highest BCUT2D eigenvalue weighted by molar-refractivity contribution is 9.10. The summed E-state index contributed by atoms with van der Waals surface area (Å²) >= 11 is 5.02. The molecule has 0 amide bonds. The van der Waals surface area contributed by atoms with Crippen molar-refractivity contribution in [2.45, 2.75) is 13.0 Å². The van der Waals surface area contributed by atoms with Gasteiger partial charge >= 0.3 is 0 Å². The van der Waals surface area contributed by atoms with E-state index in [0.29, 0.717) is 0 Å². The van der Waals surface area contributed by atoms with Crippen LogP contribution in [0.4, 0.5) is 0 Å². The molecular weight excluding hydrogens is 346 g/mol. The quantitative estimate of drug-likeness (QED) is 0.716. The van der Waals surface area contributed by atoms with Crippen LogP contribution in [0.15, 0.2) is 59.1 Å². The third-order valence-electron chi connectivity index (χ3n) is 3.26. The fraction of sp³-hybridized carbons (Fsp3) is 0.118. The number of hydrogen-bond donors (Lipinski definition) is 1. The second-order valence-electron chi connectivity index (χ2n) is 4.78. The number of hydrogen-bond acceptors (Lipinski definition) is 3. The minimum Gasteiger partial charge on any atom is -0.381 e. The highest BCUT2D eigenvalue weighted by Gasteiger charge is 2.17. The van der Waals surface area contributed by atoms with E-state index in [4.69, 9.17) is 0 Å². The van der Waals surface area contributed by atoms with Crippen molar-refractivity contribution in [3.8, 4) is 11.3 Å². The van der Waals surface area contributed by atoms with Gasteiger partial charge in [0.25, 0.3) is 0 Å². The molecule has 106 valence electrons. The minimum absolute atomic E-state index is 0.671. The maximum Gasteiger partial charge on any atom is 0.131 e. The first kappa shape index (κ1) is 14.4. The Morgan fingerprint density at radius 1 is 1.10 bits per heavy atom. The molecule has 0 aliphatic rings. The molecule has 0 radical (unpaired) electrons. The molecule has 21 heavy (non-hydrogen) atoms. The maximum atomic E-state index is 10.5. The first-order valence-electron chi connectivity index (χ1n) is 6.61. The summed E-state index contributed by atoms with van der Waals surface area (Å²) in [6.45, 7) is 2.04. The van der Waals surface area contributed by atoms with Gasteiger partial charge in [0.05, 0.1) is 5.69 Å². The number of rotatable bonds is 3. The Hall–Kier alpha value is -1.49. The Kier molecular flexibility index (Phi) is 4.19. The van der Waals surface area contributed by atoms with Crippen LogP contribution in [0, 0.1) is 6.92 Å². The lowest BCUT2D eigenvalue weighted by Crippen LogP contribution is -1.98. The fourth-order valence-corrected chi connectivity index (χ4v) is 3.57. The summed E-state index contributed by atoms with van der Waals surface area (Å²) in [6, 6.07) is 17.7. The predicted molar refractivity (Wildman–Crippen MR) is 90.5 cm³/mol. The maximum absolute atomic E-state index is 10.5. The van der Waals surface area contributed by atoms with E-state index in [2.05, 4.69) is 20.9 Å². The molecule has 0 bridgehead atoms. The number of benzene rings is 2. The average Bonchev–Trinajstić information content (AvgIpc) is 2.89. The van der Waals surface area contributed by atoms with Gasteiger partial charge in [0, 0.05) is 14.9 Å².